The van der Waals surface area contributed by atoms with Gasteiger partial charge in [-0.05, 0) is 0 Å². The van der Waals surface area contributed by atoms with Crippen molar-refractivity contribution in [2.75, 3.05) is 0 Å². The number of hydrogen-bond donors (Lipinski definition) is 1. The molecule has 0 unspecified atom stereocenters. The first-order chi connectivity index (χ1) is 17.2. The fourth-order valence-corrected chi connectivity index (χ4v) is 3.41. The Hall–Kier alpha value is -4.06. The summed E-state index contributed by atoms with van der Waals surface area (Å²) in [5.41, 5.74) is 3.31. The molecule has 0 atom stereocenters. The van der Waals surface area contributed by atoms with Crippen molar-refractivity contribution < 1.29 is 20.1 Å². The smallest absolute Gasteiger partial charge is 0.139 e. The Morgan fingerprint density at radius 3 is 1.72 bits per heavy atom. The van der Waals surface area contributed by atoms with Gasteiger partial charge in [-0.15, -0.1) is 35.9 Å². The van der Waals surface area contributed by atoms with Gasteiger partial charge in [0.05, 0.1) is 5.82 Å². The number of aromatic nitrogens is 6. The number of H-pyrrole nitrogens is 1. The van der Waals surface area contributed by atoms with E-state index < -0.39 is 0 Å². The number of nitrogens with one attached hydrogen (secondary N) is 1. The summed E-state index contributed by atoms with van der Waals surface area (Å²) >= 11 is 0. The number of imidazole rings is 3. The minimum absolute atomic E-state index is 0. The van der Waals surface area contributed by atoms with Crippen molar-refractivity contribution in [2.45, 2.75) is 0 Å². The molecular weight excluding hydrogens is 625 g/mol. The van der Waals surface area contributed by atoms with E-state index in [2.05, 4.69) is 38.1 Å². The van der Waals surface area contributed by atoms with Crippen LogP contribution < -0.4 is 0 Å². The largest absolute Gasteiger partial charge is 0.373 e. The van der Waals surface area contributed by atoms with Gasteiger partial charge in [-0.25, -0.2) is 9.97 Å². The number of rotatable bonds is 3. The molecule has 0 spiro atoms. The Bertz CT molecular complexity index is 1320. The first kappa shape index (κ1) is 26.5. The van der Waals surface area contributed by atoms with Crippen LogP contribution in [0.2, 0.25) is 0 Å². The van der Waals surface area contributed by atoms with Crippen molar-refractivity contribution in [2.24, 2.45) is 14.1 Å². The van der Waals surface area contributed by atoms with Crippen LogP contribution in [-0.4, -0.2) is 29.1 Å². The minimum atomic E-state index is 0. The molecule has 0 saturated carbocycles. The fourth-order valence-electron chi connectivity index (χ4n) is 3.41. The summed E-state index contributed by atoms with van der Waals surface area (Å²) in [7, 11) is 3.97. The first-order valence-electron chi connectivity index (χ1n) is 11.2. The number of aryl methyl sites for hydroxylation is 2. The number of nitrogens with zero attached hydrogens (tertiary/aromatic N) is 5. The SMILES string of the molecule is Cn1ccnc1-c1[c-]cccc1.Cn1ccnc1-c1ccccc1.[Ir].c1ccc(-c2ncc[nH]2)cc1. The number of benzene rings is 3. The van der Waals surface area contributed by atoms with E-state index in [9.17, 15) is 0 Å². The summed E-state index contributed by atoms with van der Waals surface area (Å²) in [5.74, 6) is 2.89. The fraction of sp³-hybridized carbons (Fsp3) is 0.0690. The second-order valence-electron chi connectivity index (χ2n) is 7.67. The summed E-state index contributed by atoms with van der Waals surface area (Å²) in [6.45, 7) is 0. The monoisotopic (exact) mass is 652 g/mol. The summed E-state index contributed by atoms with van der Waals surface area (Å²) in [4.78, 5) is 15.6. The van der Waals surface area contributed by atoms with Gasteiger partial charge >= 0.3 is 0 Å². The van der Waals surface area contributed by atoms with E-state index in [1.807, 2.05) is 121 Å². The summed E-state index contributed by atoms with van der Waals surface area (Å²) in [5, 5.41) is 0. The summed E-state index contributed by atoms with van der Waals surface area (Å²) in [6, 6.07) is 31.2. The second-order valence-corrected chi connectivity index (χ2v) is 7.67. The molecule has 0 aliphatic heterocycles. The third-order valence-electron chi connectivity index (χ3n) is 5.17. The van der Waals surface area contributed by atoms with Crippen molar-refractivity contribution in [3.05, 3.63) is 128 Å². The van der Waals surface area contributed by atoms with Gasteiger partial charge in [-0.2, -0.15) is 0 Å². The van der Waals surface area contributed by atoms with Gasteiger partial charge in [-0.1, -0.05) is 60.7 Å². The van der Waals surface area contributed by atoms with Crippen LogP contribution in [0.4, 0.5) is 0 Å². The van der Waals surface area contributed by atoms with Crippen LogP contribution in [0.15, 0.2) is 122 Å². The van der Waals surface area contributed by atoms with E-state index in [-0.39, 0.29) is 20.1 Å². The molecule has 6 nitrogen and oxygen atoms in total. The average molecular weight is 652 g/mol. The van der Waals surface area contributed by atoms with E-state index in [0.717, 1.165) is 34.2 Å². The molecule has 3 aromatic heterocycles. The van der Waals surface area contributed by atoms with Gasteiger partial charge < -0.3 is 14.1 Å². The Labute approximate surface area is 225 Å². The van der Waals surface area contributed by atoms with Gasteiger partial charge in [0.15, 0.2) is 0 Å². The molecule has 0 aliphatic rings. The van der Waals surface area contributed by atoms with Gasteiger partial charge in [0, 0.05) is 82.5 Å². The standard InChI is InChI=1S/C10H10N2.C10H9N2.C9H8N2.Ir/c2*1-12-8-7-11-10(12)9-5-3-2-4-6-9;1-2-4-8(5-3-1)9-10-6-7-11-9;/h2-8H,1H3;2-5,7-8H,1H3;1-7H,(H,10,11);/q;-1;;. The van der Waals surface area contributed by atoms with Crippen LogP contribution in [0.25, 0.3) is 34.2 Å². The third-order valence-corrected chi connectivity index (χ3v) is 5.17. The van der Waals surface area contributed by atoms with Crippen molar-refractivity contribution in [1.82, 2.24) is 29.1 Å². The van der Waals surface area contributed by atoms with Crippen molar-refractivity contribution in [3.8, 4) is 34.2 Å². The van der Waals surface area contributed by atoms with Gasteiger partial charge in [0.1, 0.15) is 11.6 Å². The maximum absolute atomic E-state index is 4.25. The molecule has 0 fully saturated rings. The maximum atomic E-state index is 4.25. The number of aromatic amines is 1. The Balaban J connectivity index is 0.000000149. The molecule has 1 N–H and O–H groups in total. The predicted molar refractivity (Wildman–Crippen MR) is 140 cm³/mol. The molecule has 3 aromatic carbocycles. The summed E-state index contributed by atoms with van der Waals surface area (Å²) in [6.07, 6.45) is 11.0. The molecule has 7 heteroatoms. The van der Waals surface area contributed by atoms with Crippen molar-refractivity contribution >= 4 is 0 Å². The van der Waals surface area contributed by atoms with E-state index in [0.29, 0.717) is 0 Å². The second kappa shape index (κ2) is 13.7. The zero-order valence-electron chi connectivity index (χ0n) is 20.1. The van der Waals surface area contributed by atoms with Crippen molar-refractivity contribution in [1.29, 1.82) is 0 Å². The predicted octanol–water partition coefficient (Wildman–Crippen LogP) is 6.05. The Kier molecular flexibility index (Phi) is 10.1. The third kappa shape index (κ3) is 7.22. The molecule has 0 bridgehead atoms. The van der Waals surface area contributed by atoms with E-state index in [1.165, 1.54) is 0 Å². The van der Waals surface area contributed by atoms with Crippen LogP contribution in [-0.2, 0) is 34.2 Å². The Morgan fingerprint density at radius 2 is 1.22 bits per heavy atom. The van der Waals surface area contributed by atoms with E-state index >= 15 is 0 Å². The van der Waals surface area contributed by atoms with Crippen LogP contribution in [0.3, 0.4) is 0 Å². The zero-order valence-corrected chi connectivity index (χ0v) is 22.5. The van der Waals surface area contributed by atoms with Gasteiger partial charge in [0.2, 0.25) is 0 Å². The number of hydrogen-bond acceptors (Lipinski definition) is 3. The van der Waals surface area contributed by atoms with Crippen LogP contribution >= 0.6 is 0 Å². The van der Waals surface area contributed by atoms with Crippen molar-refractivity contribution in [3.63, 3.8) is 0 Å². The van der Waals surface area contributed by atoms with Crippen LogP contribution in [0.5, 0.6) is 0 Å². The average Bonchev–Trinajstić information content (AvgIpc) is 3.69. The molecule has 3 heterocycles. The molecular formula is C29H27IrN6-. The van der Waals surface area contributed by atoms with E-state index in [4.69, 9.17) is 0 Å². The van der Waals surface area contributed by atoms with Crippen LogP contribution in [0, 0.1) is 6.07 Å². The first-order valence-corrected chi connectivity index (χ1v) is 11.2. The molecule has 0 amide bonds. The zero-order chi connectivity index (χ0) is 24.3. The van der Waals surface area contributed by atoms with E-state index in [1.54, 1.807) is 12.4 Å². The molecule has 36 heavy (non-hydrogen) atoms. The maximum Gasteiger partial charge on any atom is 0.139 e. The normalized spacial score (nSPS) is 9.72. The molecule has 6 aromatic rings. The molecule has 6 rings (SSSR count). The topological polar surface area (TPSA) is 64.3 Å². The van der Waals surface area contributed by atoms with Gasteiger partial charge in [0.25, 0.3) is 0 Å². The minimum Gasteiger partial charge on any atom is -0.373 e. The summed E-state index contributed by atoms with van der Waals surface area (Å²) < 4.78 is 3.99. The van der Waals surface area contributed by atoms with Gasteiger partial charge in [-0.3, -0.25) is 4.98 Å². The molecule has 183 valence electrons. The quantitative estimate of drug-likeness (QED) is 0.237. The Morgan fingerprint density at radius 1 is 0.639 bits per heavy atom. The van der Waals surface area contributed by atoms with Crippen LogP contribution in [0.1, 0.15) is 0 Å². The molecule has 0 aliphatic carbocycles. The molecule has 1 radical (unpaired) electrons. The molecule has 0 saturated heterocycles.